The molecule has 0 unspecified atom stereocenters. The molecule has 1 atom stereocenters. The van der Waals surface area contributed by atoms with Crippen molar-refractivity contribution in [2.24, 2.45) is 4.99 Å². The molecule has 1 aromatic heterocycles. The Bertz CT molecular complexity index is 1100. The van der Waals surface area contributed by atoms with Gasteiger partial charge < -0.3 is 9.15 Å². The molecular weight excluding hydrogens is 396 g/mol. The SMILES string of the molecule is CCOC(=O)[C@@H](Cc1ccc(N=Cc2ccco2)cc1)N1C(=O)c2ccccc2C1=O. The Balaban J connectivity index is 1.56. The van der Waals surface area contributed by atoms with E-state index in [9.17, 15) is 14.4 Å². The van der Waals surface area contributed by atoms with E-state index in [0.29, 0.717) is 22.6 Å². The number of furan rings is 1. The van der Waals surface area contributed by atoms with Gasteiger partial charge in [0, 0.05) is 6.42 Å². The minimum absolute atomic E-state index is 0.145. The van der Waals surface area contributed by atoms with Crippen molar-refractivity contribution in [3.8, 4) is 0 Å². The molecule has 0 bridgehead atoms. The van der Waals surface area contributed by atoms with Gasteiger partial charge in [0.15, 0.2) is 0 Å². The predicted molar refractivity (Wildman–Crippen MR) is 113 cm³/mol. The van der Waals surface area contributed by atoms with Crippen molar-refractivity contribution >= 4 is 29.7 Å². The molecule has 0 saturated carbocycles. The average Bonchev–Trinajstić information content (AvgIpc) is 3.39. The van der Waals surface area contributed by atoms with E-state index in [1.807, 2.05) is 0 Å². The first-order chi connectivity index (χ1) is 15.1. The van der Waals surface area contributed by atoms with Gasteiger partial charge in [-0.3, -0.25) is 19.5 Å². The molecule has 0 aliphatic carbocycles. The van der Waals surface area contributed by atoms with Crippen LogP contribution in [0.4, 0.5) is 5.69 Å². The second-order valence-electron chi connectivity index (χ2n) is 6.94. The van der Waals surface area contributed by atoms with Crippen molar-refractivity contribution in [3.05, 3.63) is 89.4 Å². The highest BCUT2D eigenvalue weighted by Gasteiger charge is 2.43. The van der Waals surface area contributed by atoms with Gasteiger partial charge in [-0.1, -0.05) is 24.3 Å². The molecule has 0 fully saturated rings. The van der Waals surface area contributed by atoms with Gasteiger partial charge in [0.05, 0.1) is 35.9 Å². The zero-order valence-electron chi connectivity index (χ0n) is 16.9. The van der Waals surface area contributed by atoms with Crippen LogP contribution in [0.5, 0.6) is 0 Å². The third kappa shape index (κ3) is 4.16. The van der Waals surface area contributed by atoms with Gasteiger partial charge in [0.1, 0.15) is 11.8 Å². The number of nitrogens with zero attached hydrogens (tertiary/aromatic N) is 2. The van der Waals surface area contributed by atoms with Gasteiger partial charge in [-0.25, -0.2) is 4.79 Å². The normalized spacial score (nSPS) is 14.2. The Hall–Kier alpha value is -4.00. The molecule has 4 rings (SSSR count). The third-order valence-electron chi connectivity index (χ3n) is 4.95. The van der Waals surface area contributed by atoms with Crippen LogP contribution in [0.3, 0.4) is 0 Å². The molecule has 7 nitrogen and oxygen atoms in total. The summed E-state index contributed by atoms with van der Waals surface area (Å²) >= 11 is 0. The molecule has 31 heavy (non-hydrogen) atoms. The van der Waals surface area contributed by atoms with Crippen molar-refractivity contribution in [2.45, 2.75) is 19.4 Å². The van der Waals surface area contributed by atoms with Crippen molar-refractivity contribution in [1.82, 2.24) is 4.90 Å². The molecule has 1 aliphatic rings. The Morgan fingerprint density at radius 3 is 2.29 bits per heavy atom. The van der Waals surface area contributed by atoms with Crippen LogP contribution >= 0.6 is 0 Å². The fraction of sp³-hybridized carbons (Fsp3) is 0.167. The number of aliphatic imine (C=N–C) groups is 1. The lowest BCUT2D eigenvalue weighted by Gasteiger charge is -2.24. The zero-order chi connectivity index (χ0) is 21.8. The van der Waals surface area contributed by atoms with Gasteiger partial charge in [-0.15, -0.1) is 0 Å². The molecule has 156 valence electrons. The lowest BCUT2D eigenvalue weighted by molar-refractivity contribution is -0.147. The van der Waals surface area contributed by atoms with E-state index in [-0.39, 0.29) is 13.0 Å². The van der Waals surface area contributed by atoms with E-state index < -0.39 is 23.8 Å². The van der Waals surface area contributed by atoms with Crippen LogP contribution in [0.2, 0.25) is 0 Å². The third-order valence-corrected chi connectivity index (χ3v) is 4.95. The van der Waals surface area contributed by atoms with Crippen LogP contribution in [0.25, 0.3) is 0 Å². The maximum Gasteiger partial charge on any atom is 0.329 e. The zero-order valence-corrected chi connectivity index (χ0v) is 16.9. The smallest absolute Gasteiger partial charge is 0.329 e. The van der Waals surface area contributed by atoms with E-state index in [1.165, 1.54) is 0 Å². The second kappa shape index (κ2) is 8.79. The van der Waals surface area contributed by atoms with E-state index in [2.05, 4.69) is 4.99 Å². The summed E-state index contributed by atoms with van der Waals surface area (Å²) in [7, 11) is 0. The number of carbonyl (C=O) groups excluding carboxylic acids is 3. The maximum absolute atomic E-state index is 12.9. The molecule has 2 amide bonds. The van der Waals surface area contributed by atoms with Crippen LogP contribution < -0.4 is 0 Å². The van der Waals surface area contributed by atoms with Gasteiger partial charge in [-0.2, -0.15) is 0 Å². The molecule has 0 spiro atoms. The van der Waals surface area contributed by atoms with Crippen LogP contribution in [-0.4, -0.2) is 41.5 Å². The molecule has 2 heterocycles. The number of ether oxygens (including phenoxy) is 1. The topological polar surface area (TPSA) is 89.2 Å². The number of amides is 2. The molecule has 3 aromatic rings. The molecule has 0 radical (unpaired) electrons. The maximum atomic E-state index is 12.9. The van der Waals surface area contributed by atoms with E-state index in [1.54, 1.807) is 80.1 Å². The Kier molecular flexibility index (Phi) is 5.75. The minimum Gasteiger partial charge on any atom is -0.464 e. The van der Waals surface area contributed by atoms with E-state index in [0.717, 1.165) is 10.5 Å². The number of rotatable bonds is 7. The highest BCUT2D eigenvalue weighted by molar-refractivity contribution is 6.22. The Labute approximate surface area is 179 Å². The molecular formula is C24H20N2O5. The lowest BCUT2D eigenvalue weighted by atomic mass is 10.0. The number of carbonyl (C=O) groups is 3. The predicted octanol–water partition coefficient (Wildman–Crippen LogP) is 3.80. The number of hydrogen-bond donors (Lipinski definition) is 0. The first-order valence-electron chi connectivity index (χ1n) is 9.88. The number of hydrogen-bond acceptors (Lipinski definition) is 6. The highest BCUT2D eigenvalue weighted by atomic mass is 16.5. The van der Waals surface area contributed by atoms with Crippen molar-refractivity contribution in [1.29, 1.82) is 0 Å². The Morgan fingerprint density at radius 1 is 1.03 bits per heavy atom. The van der Waals surface area contributed by atoms with Gasteiger partial charge >= 0.3 is 5.97 Å². The van der Waals surface area contributed by atoms with E-state index >= 15 is 0 Å². The molecule has 2 aromatic carbocycles. The lowest BCUT2D eigenvalue weighted by Crippen LogP contribution is -2.47. The second-order valence-corrected chi connectivity index (χ2v) is 6.94. The average molecular weight is 416 g/mol. The molecule has 0 N–H and O–H groups in total. The van der Waals surface area contributed by atoms with Crippen LogP contribution in [-0.2, 0) is 16.0 Å². The summed E-state index contributed by atoms with van der Waals surface area (Å²) in [5.74, 6) is -0.953. The van der Waals surface area contributed by atoms with Crippen molar-refractivity contribution in [3.63, 3.8) is 0 Å². The summed E-state index contributed by atoms with van der Waals surface area (Å²) < 4.78 is 10.4. The number of imide groups is 1. The summed E-state index contributed by atoms with van der Waals surface area (Å²) in [5, 5.41) is 0. The molecule has 1 aliphatic heterocycles. The van der Waals surface area contributed by atoms with Crippen LogP contribution in [0, 0.1) is 0 Å². The fourth-order valence-electron chi connectivity index (χ4n) is 3.45. The van der Waals surface area contributed by atoms with E-state index in [4.69, 9.17) is 9.15 Å². The monoisotopic (exact) mass is 416 g/mol. The van der Waals surface area contributed by atoms with Gasteiger partial charge in [0.2, 0.25) is 0 Å². The quantitative estimate of drug-likeness (QED) is 0.332. The van der Waals surface area contributed by atoms with Crippen molar-refractivity contribution < 1.29 is 23.5 Å². The summed E-state index contributed by atoms with van der Waals surface area (Å²) in [6.45, 7) is 1.84. The van der Waals surface area contributed by atoms with Gasteiger partial charge in [-0.05, 0) is 48.9 Å². The Morgan fingerprint density at radius 2 is 1.71 bits per heavy atom. The first kappa shape index (κ1) is 20.3. The molecule has 7 heteroatoms. The number of esters is 1. The summed E-state index contributed by atoms with van der Waals surface area (Å²) in [6, 6.07) is 16.3. The first-order valence-corrected chi connectivity index (χ1v) is 9.88. The standard InChI is InChI=1S/C24H20N2O5/c1-2-30-24(29)21(26-22(27)19-7-3-4-8-20(19)23(26)28)14-16-9-11-17(12-10-16)25-15-18-6-5-13-31-18/h3-13,15,21H,2,14H2,1H3/t21-/m1/s1. The highest BCUT2D eigenvalue weighted by Crippen LogP contribution is 2.27. The molecule has 0 saturated heterocycles. The van der Waals surface area contributed by atoms with Crippen molar-refractivity contribution in [2.75, 3.05) is 6.61 Å². The van der Waals surface area contributed by atoms with Crippen LogP contribution in [0.15, 0.2) is 76.3 Å². The summed E-state index contributed by atoms with van der Waals surface area (Å²) in [6.07, 6.45) is 3.32. The minimum atomic E-state index is -1.05. The number of benzene rings is 2. The van der Waals surface area contributed by atoms with Gasteiger partial charge in [0.25, 0.3) is 11.8 Å². The number of fused-ring (bicyclic) bond motifs is 1. The summed E-state index contributed by atoms with van der Waals surface area (Å²) in [4.78, 5) is 43.8. The van der Waals surface area contributed by atoms with Crippen LogP contribution in [0.1, 0.15) is 39.0 Å². The summed E-state index contributed by atoms with van der Waals surface area (Å²) in [5.41, 5.74) is 2.06. The fourth-order valence-corrected chi connectivity index (χ4v) is 3.45. The largest absolute Gasteiger partial charge is 0.464 e.